The number of hydrogen-bond donors (Lipinski definition) is 3. The van der Waals surface area contributed by atoms with Gasteiger partial charge in [-0.25, -0.2) is 0 Å². The fourth-order valence-corrected chi connectivity index (χ4v) is 3.03. The van der Waals surface area contributed by atoms with Crippen LogP contribution in [0.5, 0.6) is 0 Å². The summed E-state index contributed by atoms with van der Waals surface area (Å²) >= 11 is 5.77. The number of hydrogen-bond acceptors (Lipinski definition) is 5. The lowest BCUT2D eigenvalue weighted by atomic mass is 10.0. The molecule has 2 rings (SSSR count). The van der Waals surface area contributed by atoms with E-state index in [1.165, 1.54) is 12.1 Å². The Kier molecular flexibility index (Phi) is 9.15. The fraction of sp³-hybridized carbons (Fsp3) is 0.318. The maximum atomic E-state index is 12.6. The molecule has 0 aliphatic rings. The molecule has 2 aromatic carbocycles. The molecule has 9 nitrogen and oxygen atoms in total. The first kappa shape index (κ1) is 24.8. The molecule has 0 fully saturated rings. The average Bonchev–Trinajstić information content (AvgIpc) is 2.76. The van der Waals surface area contributed by atoms with Gasteiger partial charge in [0.1, 0.15) is 11.1 Å². The Hall–Kier alpha value is -3.46. The minimum atomic E-state index is -0.885. The highest BCUT2D eigenvalue weighted by Gasteiger charge is 2.25. The maximum absolute atomic E-state index is 12.6. The molecule has 0 heterocycles. The fourth-order valence-electron chi connectivity index (χ4n) is 2.85. The molecule has 2 aromatic rings. The summed E-state index contributed by atoms with van der Waals surface area (Å²) in [7, 11) is 0. The molecule has 170 valence electrons. The predicted octanol–water partition coefficient (Wildman–Crippen LogP) is 2.83. The first-order valence-corrected chi connectivity index (χ1v) is 10.4. The van der Waals surface area contributed by atoms with E-state index in [4.69, 9.17) is 11.6 Å². The first-order chi connectivity index (χ1) is 15.2. The van der Waals surface area contributed by atoms with Gasteiger partial charge in [0.05, 0.1) is 4.92 Å². The SMILES string of the molecule is CC(C)C(NC(=O)c1ccc(Cl)c([N+](=O)[O-])c1)C(=O)NCCC(=O)NCc1ccccc1. The molecule has 0 saturated carbocycles. The predicted molar refractivity (Wildman–Crippen MR) is 120 cm³/mol. The smallest absolute Gasteiger partial charge is 0.288 e. The van der Waals surface area contributed by atoms with E-state index >= 15 is 0 Å². The molecular weight excluding hydrogens is 436 g/mol. The summed E-state index contributed by atoms with van der Waals surface area (Å²) in [5.74, 6) is -1.56. The van der Waals surface area contributed by atoms with Crippen molar-refractivity contribution in [3.63, 3.8) is 0 Å². The number of nitro groups is 1. The Balaban J connectivity index is 1.88. The van der Waals surface area contributed by atoms with Crippen LogP contribution in [0.3, 0.4) is 0 Å². The number of nitro benzene ring substituents is 1. The molecule has 1 atom stereocenters. The van der Waals surface area contributed by atoms with Crippen LogP contribution in [0.4, 0.5) is 5.69 Å². The van der Waals surface area contributed by atoms with Crippen LogP contribution in [0.25, 0.3) is 0 Å². The highest BCUT2D eigenvalue weighted by molar-refractivity contribution is 6.32. The zero-order valence-corrected chi connectivity index (χ0v) is 18.5. The number of amides is 3. The summed E-state index contributed by atoms with van der Waals surface area (Å²) in [4.78, 5) is 47.4. The Morgan fingerprint density at radius 3 is 2.38 bits per heavy atom. The van der Waals surface area contributed by atoms with Crippen LogP contribution in [0.1, 0.15) is 36.2 Å². The monoisotopic (exact) mass is 460 g/mol. The molecular formula is C22H25ClN4O5. The van der Waals surface area contributed by atoms with E-state index in [9.17, 15) is 24.5 Å². The van der Waals surface area contributed by atoms with Gasteiger partial charge in [0.15, 0.2) is 0 Å². The number of nitrogens with one attached hydrogen (secondary N) is 3. The van der Waals surface area contributed by atoms with Crippen molar-refractivity contribution in [3.8, 4) is 0 Å². The standard InChI is InChI=1S/C22H25ClN4O5/c1-14(2)20(26-21(29)16-8-9-17(23)18(12-16)27(31)32)22(30)24-11-10-19(28)25-13-15-6-4-3-5-7-15/h3-9,12,14,20H,10-11,13H2,1-2H3,(H,24,30)(H,25,28)(H,26,29). The quantitative estimate of drug-likeness (QED) is 0.370. The van der Waals surface area contributed by atoms with Crippen LogP contribution >= 0.6 is 11.6 Å². The third-order valence-electron chi connectivity index (χ3n) is 4.62. The lowest BCUT2D eigenvalue weighted by molar-refractivity contribution is -0.384. The summed E-state index contributed by atoms with van der Waals surface area (Å²) < 4.78 is 0. The molecule has 0 spiro atoms. The van der Waals surface area contributed by atoms with Crippen molar-refractivity contribution in [2.45, 2.75) is 32.9 Å². The Bertz CT molecular complexity index is 982. The van der Waals surface area contributed by atoms with Crippen LogP contribution in [0, 0.1) is 16.0 Å². The van der Waals surface area contributed by atoms with Crippen molar-refractivity contribution >= 4 is 35.0 Å². The molecule has 0 bridgehead atoms. The Labute approximate surface area is 190 Å². The highest BCUT2D eigenvalue weighted by atomic mass is 35.5. The summed E-state index contributed by atoms with van der Waals surface area (Å²) in [6.45, 7) is 4.00. The number of nitrogens with zero attached hydrogens (tertiary/aromatic N) is 1. The number of carbonyl (C=O) groups excluding carboxylic acids is 3. The van der Waals surface area contributed by atoms with Gasteiger partial charge in [0.2, 0.25) is 11.8 Å². The third kappa shape index (κ3) is 7.35. The second-order valence-electron chi connectivity index (χ2n) is 7.42. The van der Waals surface area contributed by atoms with Crippen LogP contribution in [0.2, 0.25) is 5.02 Å². The first-order valence-electron chi connectivity index (χ1n) is 10.0. The molecule has 0 radical (unpaired) electrons. The van der Waals surface area contributed by atoms with Gasteiger partial charge in [-0.1, -0.05) is 55.8 Å². The van der Waals surface area contributed by atoms with Crippen LogP contribution in [-0.2, 0) is 16.1 Å². The number of rotatable bonds is 10. The third-order valence-corrected chi connectivity index (χ3v) is 4.94. The highest BCUT2D eigenvalue weighted by Crippen LogP contribution is 2.25. The molecule has 3 N–H and O–H groups in total. The van der Waals surface area contributed by atoms with Crippen molar-refractivity contribution in [2.24, 2.45) is 5.92 Å². The number of benzene rings is 2. The molecule has 1 unspecified atom stereocenters. The van der Waals surface area contributed by atoms with E-state index in [0.717, 1.165) is 11.6 Å². The van der Waals surface area contributed by atoms with Gasteiger partial charge in [-0.05, 0) is 23.6 Å². The van der Waals surface area contributed by atoms with Crippen molar-refractivity contribution in [1.29, 1.82) is 0 Å². The summed E-state index contributed by atoms with van der Waals surface area (Å²) in [6, 6.07) is 12.2. The molecule has 32 heavy (non-hydrogen) atoms. The van der Waals surface area contributed by atoms with Gasteiger partial charge < -0.3 is 16.0 Å². The minimum Gasteiger partial charge on any atom is -0.354 e. The Morgan fingerprint density at radius 2 is 1.75 bits per heavy atom. The van der Waals surface area contributed by atoms with Crippen LogP contribution < -0.4 is 16.0 Å². The average molecular weight is 461 g/mol. The van der Waals surface area contributed by atoms with E-state index < -0.39 is 28.5 Å². The van der Waals surface area contributed by atoms with E-state index in [1.54, 1.807) is 13.8 Å². The number of carbonyl (C=O) groups is 3. The van der Waals surface area contributed by atoms with Crippen LogP contribution in [0.15, 0.2) is 48.5 Å². The van der Waals surface area contributed by atoms with Crippen molar-refractivity contribution in [3.05, 3.63) is 74.8 Å². The minimum absolute atomic E-state index is 0.0137. The van der Waals surface area contributed by atoms with Gasteiger partial charge in [0, 0.05) is 31.1 Å². The van der Waals surface area contributed by atoms with E-state index in [2.05, 4.69) is 16.0 Å². The zero-order valence-electron chi connectivity index (χ0n) is 17.8. The second kappa shape index (κ2) is 11.8. The maximum Gasteiger partial charge on any atom is 0.288 e. The molecule has 0 aliphatic heterocycles. The lowest BCUT2D eigenvalue weighted by Gasteiger charge is -2.21. The summed E-state index contributed by atoms with van der Waals surface area (Å²) in [5.41, 5.74) is 0.584. The largest absolute Gasteiger partial charge is 0.354 e. The molecule has 0 aromatic heterocycles. The zero-order chi connectivity index (χ0) is 23.7. The normalized spacial score (nSPS) is 11.5. The van der Waals surface area contributed by atoms with Gasteiger partial charge in [-0.3, -0.25) is 24.5 Å². The summed E-state index contributed by atoms with van der Waals surface area (Å²) in [6.07, 6.45) is 0.0840. The topological polar surface area (TPSA) is 130 Å². The van der Waals surface area contributed by atoms with Crippen molar-refractivity contribution in [2.75, 3.05) is 6.54 Å². The summed E-state index contributed by atoms with van der Waals surface area (Å²) in [5, 5.41) is 18.9. The van der Waals surface area contributed by atoms with E-state index in [-0.39, 0.29) is 35.4 Å². The van der Waals surface area contributed by atoms with Gasteiger partial charge in [-0.2, -0.15) is 0 Å². The lowest BCUT2D eigenvalue weighted by Crippen LogP contribution is -2.50. The van der Waals surface area contributed by atoms with Crippen molar-refractivity contribution < 1.29 is 19.3 Å². The van der Waals surface area contributed by atoms with Gasteiger partial charge >= 0.3 is 0 Å². The molecule has 10 heteroatoms. The van der Waals surface area contributed by atoms with Crippen molar-refractivity contribution in [1.82, 2.24) is 16.0 Å². The Morgan fingerprint density at radius 1 is 1.06 bits per heavy atom. The van der Waals surface area contributed by atoms with Gasteiger partial charge in [-0.15, -0.1) is 0 Å². The van der Waals surface area contributed by atoms with E-state index in [0.29, 0.717) is 6.54 Å². The van der Waals surface area contributed by atoms with Crippen LogP contribution in [-0.4, -0.2) is 35.2 Å². The molecule has 0 aliphatic carbocycles. The molecule has 0 saturated heterocycles. The number of halogens is 1. The van der Waals surface area contributed by atoms with E-state index in [1.807, 2.05) is 30.3 Å². The second-order valence-corrected chi connectivity index (χ2v) is 7.83. The van der Waals surface area contributed by atoms with Gasteiger partial charge in [0.25, 0.3) is 11.6 Å². The molecule has 3 amide bonds.